The van der Waals surface area contributed by atoms with Gasteiger partial charge in [0.15, 0.2) is 0 Å². The van der Waals surface area contributed by atoms with Crippen molar-refractivity contribution in [2.45, 2.75) is 6.42 Å². The summed E-state index contributed by atoms with van der Waals surface area (Å²) < 4.78 is 0. The van der Waals surface area contributed by atoms with Gasteiger partial charge in [-0.05, 0) is 0 Å². The van der Waals surface area contributed by atoms with Gasteiger partial charge in [-0.1, -0.05) is 0 Å². The minimum atomic E-state index is -0.223. The second kappa shape index (κ2) is 2.11. The van der Waals surface area contributed by atoms with Gasteiger partial charge in [0.1, 0.15) is 6.73 Å². The SMILES string of the molecule is O=C1CCNN1CO. The summed E-state index contributed by atoms with van der Waals surface area (Å²) >= 11 is 0. The minimum absolute atomic E-state index is 0.0347. The molecule has 2 N–H and O–H groups in total. The molecule has 0 aromatic rings. The van der Waals surface area contributed by atoms with Crippen LogP contribution in [0.25, 0.3) is 0 Å². The highest BCUT2D eigenvalue weighted by atomic mass is 16.3. The van der Waals surface area contributed by atoms with Crippen molar-refractivity contribution in [3.05, 3.63) is 0 Å². The molecule has 0 aliphatic carbocycles. The zero-order chi connectivity index (χ0) is 5.98. The van der Waals surface area contributed by atoms with Gasteiger partial charge >= 0.3 is 0 Å². The van der Waals surface area contributed by atoms with Crippen LogP contribution in [-0.4, -0.2) is 29.3 Å². The Labute approximate surface area is 47.1 Å². The molecule has 0 saturated carbocycles. The van der Waals surface area contributed by atoms with E-state index in [9.17, 15) is 4.79 Å². The lowest BCUT2D eigenvalue weighted by atomic mass is 10.4. The van der Waals surface area contributed by atoms with Crippen molar-refractivity contribution in [1.29, 1.82) is 0 Å². The predicted molar refractivity (Wildman–Crippen MR) is 26.6 cm³/mol. The molecule has 0 aromatic carbocycles. The lowest BCUT2D eigenvalue weighted by Crippen LogP contribution is -2.34. The molecular formula is C4H8N2O2. The summed E-state index contributed by atoms with van der Waals surface area (Å²) in [5.74, 6) is -0.0347. The summed E-state index contributed by atoms with van der Waals surface area (Å²) in [4.78, 5) is 10.5. The van der Waals surface area contributed by atoms with Crippen LogP contribution in [0.1, 0.15) is 6.42 Å². The summed E-state index contributed by atoms with van der Waals surface area (Å²) in [5, 5.41) is 9.57. The van der Waals surface area contributed by atoms with Crippen molar-refractivity contribution >= 4 is 5.91 Å². The maximum atomic E-state index is 10.5. The number of rotatable bonds is 1. The third-order valence-corrected chi connectivity index (χ3v) is 1.08. The van der Waals surface area contributed by atoms with Crippen LogP contribution >= 0.6 is 0 Å². The lowest BCUT2D eigenvalue weighted by molar-refractivity contribution is -0.133. The van der Waals surface area contributed by atoms with Crippen molar-refractivity contribution in [1.82, 2.24) is 10.4 Å². The predicted octanol–water partition coefficient (Wildman–Crippen LogP) is -1.33. The molecule has 0 atom stereocenters. The first-order valence-corrected chi connectivity index (χ1v) is 2.49. The van der Waals surface area contributed by atoms with Gasteiger partial charge in [-0.2, -0.15) is 0 Å². The third-order valence-electron chi connectivity index (χ3n) is 1.08. The fraction of sp³-hybridized carbons (Fsp3) is 0.750. The number of hydrogen-bond acceptors (Lipinski definition) is 3. The summed E-state index contributed by atoms with van der Waals surface area (Å²) in [6.07, 6.45) is 0.501. The molecule has 0 aromatic heterocycles. The molecular weight excluding hydrogens is 108 g/mol. The maximum absolute atomic E-state index is 10.5. The molecule has 1 heterocycles. The van der Waals surface area contributed by atoms with E-state index in [4.69, 9.17) is 5.11 Å². The maximum Gasteiger partial charge on any atom is 0.240 e. The van der Waals surface area contributed by atoms with Crippen molar-refractivity contribution in [3.8, 4) is 0 Å². The highest BCUT2D eigenvalue weighted by Crippen LogP contribution is 1.95. The first kappa shape index (κ1) is 5.53. The number of hydrogen-bond donors (Lipinski definition) is 2. The number of nitrogens with zero attached hydrogens (tertiary/aromatic N) is 1. The summed E-state index contributed by atoms with van der Waals surface area (Å²) in [7, 11) is 0. The number of aliphatic hydroxyl groups is 1. The van der Waals surface area contributed by atoms with Crippen LogP contribution in [0, 0.1) is 0 Å². The van der Waals surface area contributed by atoms with E-state index in [1.165, 1.54) is 5.01 Å². The van der Waals surface area contributed by atoms with E-state index in [1.54, 1.807) is 0 Å². The number of carbonyl (C=O) groups excluding carboxylic acids is 1. The molecule has 0 radical (unpaired) electrons. The molecule has 0 bridgehead atoms. The molecule has 46 valence electrons. The number of hydrazine groups is 1. The van der Waals surface area contributed by atoms with E-state index in [0.717, 1.165) is 0 Å². The monoisotopic (exact) mass is 116 g/mol. The summed E-state index contributed by atoms with van der Waals surface area (Å²) in [6.45, 7) is 0.429. The van der Waals surface area contributed by atoms with Gasteiger partial charge in [0, 0.05) is 13.0 Å². The molecule has 8 heavy (non-hydrogen) atoms. The molecule has 1 aliphatic heterocycles. The Hall–Kier alpha value is -0.610. The van der Waals surface area contributed by atoms with Crippen LogP contribution in [0.3, 0.4) is 0 Å². The zero-order valence-corrected chi connectivity index (χ0v) is 4.42. The van der Waals surface area contributed by atoms with Gasteiger partial charge in [-0.25, -0.2) is 5.43 Å². The van der Waals surface area contributed by atoms with E-state index >= 15 is 0 Å². The minimum Gasteiger partial charge on any atom is -0.375 e. The number of aliphatic hydroxyl groups excluding tert-OH is 1. The van der Waals surface area contributed by atoms with Gasteiger partial charge in [-0.15, -0.1) is 0 Å². The van der Waals surface area contributed by atoms with Crippen LogP contribution in [-0.2, 0) is 4.79 Å². The third kappa shape index (κ3) is 0.801. The number of nitrogens with one attached hydrogen (secondary N) is 1. The molecule has 4 heteroatoms. The Morgan fingerprint density at radius 2 is 2.62 bits per heavy atom. The Balaban J connectivity index is 2.42. The van der Waals surface area contributed by atoms with Gasteiger partial charge in [0.25, 0.3) is 0 Å². The highest BCUT2D eigenvalue weighted by Gasteiger charge is 2.17. The Morgan fingerprint density at radius 1 is 1.88 bits per heavy atom. The molecule has 1 amide bonds. The van der Waals surface area contributed by atoms with Crippen molar-refractivity contribution in [3.63, 3.8) is 0 Å². The van der Waals surface area contributed by atoms with E-state index in [0.29, 0.717) is 13.0 Å². The molecule has 1 saturated heterocycles. The van der Waals surface area contributed by atoms with Gasteiger partial charge < -0.3 is 5.11 Å². The number of carbonyl (C=O) groups is 1. The van der Waals surface area contributed by atoms with Gasteiger partial charge in [0.05, 0.1) is 0 Å². The molecule has 0 spiro atoms. The van der Waals surface area contributed by atoms with Crippen molar-refractivity contribution in [2.75, 3.05) is 13.3 Å². The summed E-state index contributed by atoms with van der Waals surface area (Å²) in [5.41, 5.74) is 2.69. The van der Waals surface area contributed by atoms with Crippen LogP contribution in [0.5, 0.6) is 0 Å². The Kier molecular flexibility index (Phi) is 1.45. The van der Waals surface area contributed by atoms with Crippen molar-refractivity contribution < 1.29 is 9.90 Å². The smallest absolute Gasteiger partial charge is 0.240 e. The Bertz CT molecular complexity index is 104. The molecule has 0 unspecified atom stereocenters. The number of amides is 1. The second-order valence-corrected chi connectivity index (χ2v) is 1.62. The van der Waals surface area contributed by atoms with Crippen LogP contribution < -0.4 is 5.43 Å². The molecule has 1 fully saturated rings. The fourth-order valence-electron chi connectivity index (χ4n) is 0.650. The van der Waals surface area contributed by atoms with E-state index in [1.807, 2.05) is 0 Å². The average molecular weight is 116 g/mol. The molecule has 1 rings (SSSR count). The van der Waals surface area contributed by atoms with Crippen LogP contribution in [0.2, 0.25) is 0 Å². The first-order valence-electron chi connectivity index (χ1n) is 2.49. The lowest BCUT2D eigenvalue weighted by Gasteiger charge is -2.09. The Morgan fingerprint density at radius 3 is 2.88 bits per heavy atom. The van der Waals surface area contributed by atoms with Crippen LogP contribution in [0.4, 0.5) is 0 Å². The average Bonchev–Trinajstić information content (AvgIpc) is 2.14. The molecule has 4 nitrogen and oxygen atoms in total. The van der Waals surface area contributed by atoms with Gasteiger partial charge in [-0.3, -0.25) is 9.80 Å². The van der Waals surface area contributed by atoms with E-state index in [-0.39, 0.29) is 12.6 Å². The second-order valence-electron chi connectivity index (χ2n) is 1.62. The largest absolute Gasteiger partial charge is 0.375 e. The fourth-order valence-corrected chi connectivity index (χ4v) is 0.650. The summed E-state index contributed by atoms with van der Waals surface area (Å²) in [6, 6.07) is 0. The van der Waals surface area contributed by atoms with Gasteiger partial charge in [0.2, 0.25) is 5.91 Å². The van der Waals surface area contributed by atoms with Crippen LogP contribution in [0.15, 0.2) is 0 Å². The molecule has 1 aliphatic rings. The van der Waals surface area contributed by atoms with Crippen molar-refractivity contribution in [2.24, 2.45) is 0 Å². The highest BCUT2D eigenvalue weighted by molar-refractivity contribution is 5.77. The quantitative estimate of drug-likeness (QED) is 0.446. The standard InChI is InChI=1S/C4H8N2O2/c7-3-6-4(8)1-2-5-6/h5,7H,1-3H2. The zero-order valence-electron chi connectivity index (χ0n) is 4.42. The normalized spacial score (nSPS) is 20.1. The van der Waals surface area contributed by atoms with E-state index in [2.05, 4.69) is 5.43 Å². The topological polar surface area (TPSA) is 52.6 Å². The van der Waals surface area contributed by atoms with E-state index < -0.39 is 0 Å². The first-order chi connectivity index (χ1) is 3.84.